The van der Waals surface area contributed by atoms with Gasteiger partial charge in [0.15, 0.2) is 11.5 Å². The molecule has 0 bridgehead atoms. The molecule has 1 aliphatic heterocycles. The normalized spacial score (nSPS) is 13.6. The van der Waals surface area contributed by atoms with Crippen LogP contribution in [0.15, 0.2) is 12.1 Å². The van der Waals surface area contributed by atoms with Crippen molar-refractivity contribution in [2.24, 2.45) is 0 Å². The van der Waals surface area contributed by atoms with Crippen molar-refractivity contribution in [2.75, 3.05) is 6.79 Å². The fraction of sp³-hybridized carbons (Fsp3) is 0.143. The van der Waals surface area contributed by atoms with Crippen molar-refractivity contribution >= 4 is 0 Å². The van der Waals surface area contributed by atoms with Crippen molar-refractivity contribution in [3.63, 3.8) is 0 Å². The van der Waals surface area contributed by atoms with Crippen molar-refractivity contribution in [2.45, 2.75) is 0 Å². The molecule has 1 aromatic rings. The van der Waals surface area contributed by atoms with Gasteiger partial charge in [-0.05, 0) is 12.1 Å². The van der Waals surface area contributed by atoms with Crippen LogP contribution in [-0.4, -0.2) is 11.9 Å². The topological polar surface area (TPSA) is 38.7 Å². The van der Waals surface area contributed by atoms with E-state index in [0.717, 1.165) is 0 Å². The molecule has 0 amide bonds. The molecule has 0 aliphatic carbocycles. The Morgan fingerprint density at radius 2 is 2.40 bits per heavy atom. The number of ether oxygens (including phenoxy) is 2. The highest BCUT2D eigenvalue weighted by molar-refractivity contribution is 5.50. The van der Waals surface area contributed by atoms with Crippen LogP contribution in [0.1, 0.15) is 0 Å². The summed E-state index contributed by atoms with van der Waals surface area (Å²) in [5.74, 6) is 0.980. The van der Waals surface area contributed by atoms with Gasteiger partial charge in [-0.25, -0.2) is 0 Å². The predicted molar refractivity (Wildman–Crippen MR) is 33.1 cm³/mol. The molecule has 1 heterocycles. The fourth-order valence-corrected chi connectivity index (χ4v) is 0.848. The summed E-state index contributed by atoms with van der Waals surface area (Å²) in [6, 6.07) is 5.88. The van der Waals surface area contributed by atoms with Gasteiger partial charge in [-0.15, -0.1) is 0 Å². The first-order chi connectivity index (χ1) is 4.88. The van der Waals surface area contributed by atoms with Crippen LogP contribution in [0.3, 0.4) is 0 Å². The van der Waals surface area contributed by atoms with Gasteiger partial charge in [0.25, 0.3) is 0 Å². The summed E-state index contributed by atoms with van der Waals surface area (Å²) in [5, 5.41) is 9.11. The van der Waals surface area contributed by atoms with Crippen molar-refractivity contribution in [1.29, 1.82) is 0 Å². The average molecular weight is 137 g/mol. The SMILES string of the molecule is Oc1cc[c]c2c1OCO2. The van der Waals surface area contributed by atoms with E-state index < -0.39 is 0 Å². The highest BCUT2D eigenvalue weighted by atomic mass is 16.7. The van der Waals surface area contributed by atoms with E-state index in [1.807, 2.05) is 0 Å². The van der Waals surface area contributed by atoms with Crippen LogP contribution in [0.2, 0.25) is 0 Å². The number of hydrogen-bond acceptors (Lipinski definition) is 3. The Kier molecular flexibility index (Phi) is 0.974. The molecule has 0 aromatic heterocycles. The second kappa shape index (κ2) is 1.80. The van der Waals surface area contributed by atoms with E-state index >= 15 is 0 Å². The van der Waals surface area contributed by atoms with Gasteiger partial charge in [0, 0.05) is 6.07 Å². The summed E-state index contributed by atoms with van der Waals surface area (Å²) in [4.78, 5) is 0. The Bertz CT molecular complexity index is 257. The average Bonchev–Trinajstić information content (AvgIpc) is 2.36. The first-order valence-corrected chi connectivity index (χ1v) is 2.87. The van der Waals surface area contributed by atoms with Gasteiger partial charge >= 0.3 is 0 Å². The maximum atomic E-state index is 9.11. The van der Waals surface area contributed by atoms with Gasteiger partial charge in [-0.2, -0.15) is 0 Å². The molecule has 1 aromatic carbocycles. The number of rotatable bonds is 0. The standard InChI is InChI=1S/C7H5O3/c8-5-2-1-3-6-7(5)10-4-9-6/h1-2,8H,4H2. The second-order valence-corrected chi connectivity index (χ2v) is 1.93. The lowest BCUT2D eigenvalue weighted by atomic mass is 10.3. The molecule has 0 unspecified atom stereocenters. The molecule has 3 nitrogen and oxygen atoms in total. The number of fused-ring (bicyclic) bond motifs is 1. The zero-order chi connectivity index (χ0) is 6.97. The molecule has 0 fully saturated rings. The number of phenolic OH excluding ortho intramolecular Hbond substituents is 1. The minimum Gasteiger partial charge on any atom is -0.504 e. The summed E-state index contributed by atoms with van der Waals surface area (Å²) in [5.41, 5.74) is 0. The Hall–Kier alpha value is -1.38. The van der Waals surface area contributed by atoms with Crippen molar-refractivity contribution < 1.29 is 14.6 Å². The minimum absolute atomic E-state index is 0.103. The molecule has 0 saturated carbocycles. The summed E-state index contributed by atoms with van der Waals surface area (Å²) in [7, 11) is 0. The molecule has 0 saturated heterocycles. The van der Waals surface area contributed by atoms with Crippen molar-refractivity contribution in [3.8, 4) is 17.2 Å². The first kappa shape index (κ1) is 5.41. The third kappa shape index (κ3) is 0.603. The highest BCUT2D eigenvalue weighted by Crippen LogP contribution is 2.38. The summed E-state index contributed by atoms with van der Waals surface area (Å²) in [6.45, 7) is 0.170. The van der Waals surface area contributed by atoms with E-state index in [1.165, 1.54) is 6.07 Å². The number of phenols is 1. The van der Waals surface area contributed by atoms with Crippen LogP contribution in [-0.2, 0) is 0 Å². The zero-order valence-electron chi connectivity index (χ0n) is 5.13. The van der Waals surface area contributed by atoms with Gasteiger partial charge in [-0.3, -0.25) is 0 Å². The molecular weight excluding hydrogens is 132 g/mol. The lowest BCUT2D eigenvalue weighted by Gasteiger charge is -1.95. The fourth-order valence-electron chi connectivity index (χ4n) is 0.848. The van der Waals surface area contributed by atoms with Crippen LogP contribution in [0.25, 0.3) is 0 Å². The zero-order valence-corrected chi connectivity index (χ0v) is 5.13. The third-order valence-corrected chi connectivity index (χ3v) is 1.30. The Labute approximate surface area is 57.8 Å². The molecule has 1 N–H and O–H groups in total. The highest BCUT2D eigenvalue weighted by Gasteiger charge is 2.16. The van der Waals surface area contributed by atoms with Gasteiger partial charge in [-0.1, -0.05) is 0 Å². The molecule has 10 heavy (non-hydrogen) atoms. The van der Waals surface area contributed by atoms with Crippen LogP contribution < -0.4 is 9.47 Å². The molecule has 0 spiro atoms. The number of hydrogen-bond donors (Lipinski definition) is 1. The molecule has 1 aliphatic rings. The summed E-state index contributed by atoms with van der Waals surface area (Å²) < 4.78 is 9.87. The smallest absolute Gasteiger partial charge is 0.231 e. The van der Waals surface area contributed by atoms with Gasteiger partial charge in [0.05, 0.1) is 0 Å². The maximum Gasteiger partial charge on any atom is 0.231 e. The molecule has 2 rings (SSSR count). The van der Waals surface area contributed by atoms with E-state index in [4.69, 9.17) is 14.6 Å². The molecule has 3 heteroatoms. The third-order valence-electron chi connectivity index (χ3n) is 1.30. The van der Waals surface area contributed by atoms with Crippen LogP contribution in [0, 0.1) is 6.07 Å². The largest absolute Gasteiger partial charge is 0.504 e. The van der Waals surface area contributed by atoms with Crippen LogP contribution in [0.4, 0.5) is 0 Å². The monoisotopic (exact) mass is 137 g/mol. The van der Waals surface area contributed by atoms with E-state index in [9.17, 15) is 0 Å². The minimum atomic E-state index is 0.103. The molecule has 0 atom stereocenters. The molecular formula is C7H5O3. The van der Waals surface area contributed by atoms with Crippen molar-refractivity contribution in [1.82, 2.24) is 0 Å². The maximum absolute atomic E-state index is 9.11. The Morgan fingerprint density at radius 1 is 1.50 bits per heavy atom. The quantitative estimate of drug-likeness (QED) is 0.577. The second-order valence-electron chi connectivity index (χ2n) is 1.93. The van der Waals surface area contributed by atoms with Gasteiger partial charge in [0.1, 0.15) is 0 Å². The summed E-state index contributed by atoms with van der Waals surface area (Å²) >= 11 is 0. The first-order valence-electron chi connectivity index (χ1n) is 2.87. The van der Waals surface area contributed by atoms with E-state index in [2.05, 4.69) is 6.07 Å². The van der Waals surface area contributed by atoms with Crippen LogP contribution >= 0.6 is 0 Å². The van der Waals surface area contributed by atoms with Gasteiger partial charge < -0.3 is 14.6 Å². The van der Waals surface area contributed by atoms with E-state index in [1.54, 1.807) is 6.07 Å². The lowest BCUT2D eigenvalue weighted by molar-refractivity contribution is 0.171. The predicted octanol–water partition coefficient (Wildman–Crippen LogP) is 0.921. The number of benzene rings is 1. The number of aromatic hydroxyl groups is 1. The van der Waals surface area contributed by atoms with Crippen molar-refractivity contribution in [3.05, 3.63) is 18.2 Å². The van der Waals surface area contributed by atoms with Crippen LogP contribution in [0.5, 0.6) is 17.2 Å². The summed E-state index contributed by atoms with van der Waals surface area (Å²) in [6.07, 6.45) is 0. The van der Waals surface area contributed by atoms with E-state index in [-0.39, 0.29) is 12.5 Å². The Balaban J connectivity index is 2.59. The molecule has 51 valence electrons. The van der Waals surface area contributed by atoms with E-state index in [0.29, 0.717) is 11.5 Å². The van der Waals surface area contributed by atoms with Gasteiger partial charge in [0.2, 0.25) is 12.5 Å². The molecule has 1 radical (unpaired) electrons. The lowest BCUT2D eigenvalue weighted by Crippen LogP contribution is -1.93. The Morgan fingerprint density at radius 3 is 3.20 bits per heavy atom.